The van der Waals surface area contributed by atoms with E-state index >= 15 is 0 Å². The van der Waals surface area contributed by atoms with Gasteiger partial charge in [0.15, 0.2) is 0 Å². The number of rotatable bonds is 4. The van der Waals surface area contributed by atoms with Gasteiger partial charge in [-0.15, -0.1) is 0 Å². The lowest BCUT2D eigenvalue weighted by Crippen LogP contribution is -2.22. The van der Waals surface area contributed by atoms with Crippen LogP contribution in [0, 0.1) is 0 Å². The minimum absolute atomic E-state index is 0.136. The standard InChI is InChI=1S/C14H12Br2N2O2/c1-20-13-4-9(2-3-17-13)8-18-14(19)10-5-11(15)7-12(16)6-10/h2-7H,8H2,1H3,(H,18,19). The molecule has 1 amide bonds. The van der Waals surface area contributed by atoms with Crippen LogP contribution < -0.4 is 10.1 Å². The Morgan fingerprint density at radius 1 is 1.25 bits per heavy atom. The Labute approximate surface area is 133 Å². The molecule has 4 nitrogen and oxygen atoms in total. The molecule has 2 rings (SSSR count). The number of carbonyl (C=O) groups excluding carboxylic acids is 1. The fourth-order valence-corrected chi connectivity index (χ4v) is 2.94. The lowest BCUT2D eigenvalue weighted by molar-refractivity contribution is 0.0950. The first kappa shape index (κ1) is 15.0. The quantitative estimate of drug-likeness (QED) is 0.855. The summed E-state index contributed by atoms with van der Waals surface area (Å²) in [5, 5.41) is 2.86. The number of carbonyl (C=O) groups is 1. The number of amides is 1. The number of nitrogens with zero attached hydrogens (tertiary/aromatic N) is 1. The molecule has 104 valence electrons. The molecule has 0 aliphatic heterocycles. The molecule has 1 N–H and O–H groups in total. The van der Waals surface area contributed by atoms with E-state index in [9.17, 15) is 4.79 Å². The van der Waals surface area contributed by atoms with Gasteiger partial charge in [-0.25, -0.2) is 4.98 Å². The van der Waals surface area contributed by atoms with Crippen molar-refractivity contribution in [3.63, 3.8) is 0 Å². The molecule has 0 unspecified atom stereocenters. The lowest BCUT2D eigenvalue weighted by atomic mass is 10.2. The average Bonchev–Trinajstić information content (AvgIpc) is 2.44. The number of nitrogens with one attached hydrogen (secondary N) is 1. The van der Waals surface area contributed by atoms with Crippen LogP contribution in [-0.4, -0.2) is 18.0 Å². The van der Waals surface area contributed by atoms with E-state index in [-0.39, 0.29) is 5.91 Å². The van der Waals surface area contributed by atoms with Gasteiger partial charge in [-0.1, -0.05) is 31.9 Å². The summed E-state index contributed by atoms with van der Waals surface area (Å²) in [7, 11) is 1.56. The molecular formula is C14H12Br2N2O2. The molecule has 0 fully saturated rings. The molecule has 20 heavy (non-hydrogen) atoms. The first-order chi connectivity index (χ1) is 9.58. The molecule has 0 aliphatic rings. The van der Waals surface area contributed by atoms with Crippen molar-refractivity contribution in [1.29, 1.82) is 0 Å². The maximum Gasteiger partial charge on any atom is 0.251 e. The van der Waals surface area contributed by atoms with E-state index in [4.69, 9.17) is 4.74 Å². The molecule has 0 aliphatic carbocycles. The van der Waals surface area contributed by atoms with Gasteiger partial charge in [0.2, 0.25) is 5.88 Å². The van der Waals surface area contributed by atoms with E-state index in [0.717, 1.165) is 14.5 Å². The highest BCUT2D eigenvalue weighted by atomic mass is 79.9. The summed E-state index contributed by atoms with van der Waals surface area (Å²) in [5.74, 6) is 0.393. The monoisotopic (exact) mass is 398 g/mol. The van der Waals surface area contributed by atoms with Crippen molar-refractivity contribution >= 4 is 37.8 Å². The van der Waals surface area contributed by atoms with Crippen LogP contribution in [0.1, 0.15) is 15.9 Å². The van der Waals surface area contributed by atoms with Crippen LogP contribution in [0.15, 0.2) is 45.5 Å². The minimum atomic E-state index is -0.136. The smallest absolute Gasteiger partial charge is 0.251 e. The number of hydrogen-bond acceptors (Lipinski definition) is 3. The van der Waals surface area contributed by atoms with Crippen molar-refractivity contribution in [1.82, 2.24) is 10.3 Å². The van der Waals surface area contributed by atoms with Gasteiger partial charge >= 0.3 is 0 Å². The molecule has 0 saturated carbocycles. The van der Waals surface area contributed by atoms with Crippen LogP contribution in [0.5, 0.6) is 5.88 Å². The Morgan fingerprint density at radius 2 is 1.95 bits per heavy atom. The number of ether oxygens (including phenoxy) is 1. The van der Waals surface area contributed by atoms with Crippen molar-refractivity contribution in [2.75, 3.05) is 7.11 Å². The van der Waals surface area contributed by atoms with Crippen LogP contribution in [-0.2, 0) is 6.54 Å². The zero-order chi connectivity index (χ0) is 14.5. The van der Waals surface area contributed by atoms with Gasteiger partial charge in [0.1, 0.15) is 0 Å². The number of hydrogen-bond donors (Lipinski definition) is 1. The molecule has 6 heteroatoms. The second kappa shape index (κ2) is 6.85. The van der Waals surface area contributed by atoms with Crippen molar-refractivity contribution in [3.8, 4) is 5.88 Å². The lowest BCUT2D eigenvalue weighted by Gasteiger charge is -2.07. The highest BCUT2D eigenvalue weighted by Gasteiger charge is 2.07. The summed E-state index contributed by atoms with van der Waals surface area (Å²) >= 11 is 6.72. The number of aromatic nitrogens is 1. The van der Waals surface area contributed by atoms with E-state index in [0.29, 0.717) is 18.0 Å². The van der Waals surface area contributed by atoms with Gasteiger partial charge in [0, 0.05) is 33.3 Å². The summed E-state index contributed by atoms with van der Waals surface area (Å²) < 4.78 is 6.74. The predicted octanol–water partition coefficient (Wildman–Crippen LogP) is 3.55. The number of methoxy groups -OCH3 is 1. The third kappa shape index (κ3) is 4.05. The fourth-order valence-electron chi connectivity index (χ4n) is 1.64. The summed E-state index contributed by atoms with van der Waals surface area (Å²) in [4.78, 5) is 16.1. The van der Waals surface area contributed by atoms with Gasteiger partial charge in [0.25, 0.3) is 5.91 Å². The number of pyridine rings is 1. The predicted molar refractivity (Wildman–Crippen MR) is 83.8 cm³/mol. The Bertz CT molecular complexity index is 612. The Hall–Kier alpha value is -1.40. The largest absolute Gasteiger partial charge is 0.481 e. The van der Waals surface area contributed by atoms with Crippen LogP contribution in [0.4, 0.5) is 0 Å². The van der Waals surface area contributed by atoms with Gasteiger partial charge in [-0.3, -0.25) is 4.79 Å². The van der Waals surface area contributed by atoms with E-state index in [1.165, 1.54) is 0 Å². The van der Waals surface area contributed by atoms with Crippen LogP contribution in [0.3, 0.4) is 0 Å². The molecule has 1 heterocycles. The molecule has 0 spiro atoms. The number of benzene rings is 1. The van der Waals surface area contributed by atoms with Gasteiger partial charge in [-0.05, 0) is 29.8 Å². The number of halogens is 2. The summed E-state index contributed by atoms with van der Waals surface area (Å²) in [6, 6.07) is 9.04. The van der Waals surface area contributed by atoms with Crippen LogP contribution in [0.25, 0.3) is 0 Å². The third-order valence-electron chi connectivity index (χ3n) is 2.59. The van der Waals surface area contributed by atoms with E-state index in [1.807, 2.05) is 12.1 Å². The van der Waals surface area contributed by atoms with Crippen LogP contribution in [0.2, 0.25) is 0 Å². The highest BCUT2D eigenvalue weighted by molar-refractivity contribution is 9.11. The second-order valence-corrected chi connectivity index (χ2v) is 5.88. The van der Waals surface area contributed by atoms with Crippen molar-refractivity contribution in [2.24, 2.45) is 0 Å². The second-order valence-electron chi connectivity index (χ2n) is 4.05. The Balaban J connectivity index is 2.04. The topological polar surface area (TPSA) is 51.2 Å². The summed E-state index contributed by atoms with van der Waals surface area (Å²) in [6.45, 7) is 0.418. The van der Waals surface area contributed by atoms with Crippen molar-refractivity contribution in [2.45, 2.75) is 6.54 Å². The molecule has 1 aromatic heterocycles. The Morgan fingerprint density at radius 3 is 2.60 bits per heavy atom. The Kier molecular flexibility index (Phi) is 5.14. The molecule has 0 saturated heterocycles. The summed E-state index contributed by atoms with van der Waals surface area (Å²) in [6.07, 6.45) is 1.65. The average molecular weight is 400 g/mol. The molecule has 0 atom stereocenters. The molecule has 0 radical (unpaired) electrons. The SMILES string of the molecule is COc1cc(CNC(=O)c2cc(Br)cc(Br)c2)ccn1. The third-order valence-corrected chi connectivity index (χ3v) is 3.50. The first-order valence-electron chi connectivity index (χ1n) is 5.81. The molecule has 2 aromatic rings. The maximum absolute atomic E-state index is 12.1. The maximum atomic E-state index is 12.1. The summed E-state index contributed by atoms with van der Waals surface area (Å²) in [5.41, 5.74) is 1.52. The van der Waals surface area contributed by atoms with Gasteiger partial charge in [0.05, 0.1) is 7.11 Å². The van der Waals surface area contributed by atoms with E-state index in [1.54, 1.807) is 31.5 Å². The first-order valence-corrected chi connectivity index (χ1v) is 7.40. The molecular weight excluding hydrogens is 388 g/mol. The minimum Gasteiger partial charge on any atom is -0.481 e. The highest BCUT2D eigenvalue weighted by Crippen LogP contribution is 2.20. The van der Waals surface area contributed by atoms with Gasteiger partial charge < -0.3 is 10.1 Å². The zero-order valence-corrected chi connectivity index (χ0v) is 13.9. The normalized spacial score (nSPS) is 10.2. The molecule has 1 aromatic carbocycles. The van der Waals surface area contributed by atoms with E-state index in [2.05, 4.69) is 42.2 Å². The van der Waals surface area contributed by atoms with Crippen molar-refractivity contribution in [3.05, 3.63) is 56.6 Å². The zero-order valence-electron chi connectivity index (χ0n) is 10.7. The fraction of sp³-hybridized carbons (Fsp3) is 0.143. The van der Waals surface area contributed by atoms with Crippen LogP contribution >= 0.6 is 31.9 Å². The van der Waals surface area contributed by atoms with E-state index < -0.39 is 0 Å². The molecule has 0 bridgehead atoms. The van der Waals surface area contributed by atoms with Crippen molar-refractivity contribution < 1.29 is 9.53 Å². The van der Waals surface area contributed by atoms with Gasteiger partial charge in [-0.2, -0.15) is 0 Å².